The highest BCUT2D eigenvalue weighted by atomic mass is 16.5. The quantitative estimate of drug-likeness (QED) is 0.748. The highest BCUT2D eigenvalue weighted by molar-refractivity contribution is 5.78. The van der Waals surface area contributed by atoms with Crippen LogP contribution in [0, 0.1) is 0 Å². The van der Waals surface area contributed by atoms with Gasteiger partial charge in [0.15, 0.2) is 0 Å². The number of anilines is 3. The number of nitrogen functional groups attached to an aromatic ring is 1. The second-order valence-corrected chi connectivity index (χ2v) is 4.59. The fraction of sp³-hybridized carbons (Fsp3) is 0.538. The summed E-state index contributed by atoms with van der Waals surface area (Å²) in [6.45, 7) is 1.93. The third kappa shape index (κ3) is 3.43. The second kappa shape index (κ2) is 6.35. The molecule has 1 aromatic carbocycles. The molecule has 0 saturated carbocycles. The highest BCUT2D eigenvalue weighted by Crippen LogP contribution is 2.34. The predicted octanol–water partition coefficient (Wildman–Crippen LogP) is 1.32. The zero-order valence-electron chi connectivity index (χ0n) is 11.9. The maximum atomic E-state index is 5.91. The molecule has 18 heavy (non-hydrogen) atoms. The lowest BCUT2D eigenvalue weighted by Crippen LogP contribution is -2.29. The van der Waals surface area contributed by atoms with Crippen LogP contribution in [0.4, 0.5) is 17.1 Å². The van der Waals surface area contributed by atoms with Crippen LogP contribution < -0.4 is 20.7 Å². The zero-order chi connectivity index (χ0) is 13.7. The minimum absolute atomic E-state index is 0.645. The highest BCUT2D eigenvalue weighted by Gasteiger charge is 2.11. The van der Waals surface area contributed by atoms with Crippen LogP contribution >= 0.6 is 0 Å². The lowest BCUT2D eigenvalue weighted by Gasteiger charge is -2.25. The number of hydrogen-bond acceptors (Lipinski definition) is 5. The molecule has 0 radical (unpaired) electrons. The molecule has 1 rings (SSSR count). The monoisotopic (exact) mass is 252 g/mol. The summed E-state index contributed by atoms with van der Waals surface area (Å²) in [5, 5.41) is 3.17. The number of likely N-dealkylation sites (N-methyl/N-ethyl adjacent to an activating group) is 2. The number of rotatable bonds is 6. The van der Waals surface area contributed by atoms with Gasteiger partial charge in [-0.3, -0.25) is 0 Å². The van der Waals surface area contributed by atoms with E-state index in [0.29, 0.717) is 11.4 Å². The Morgan fingerprint density at radius 2 is 1.89 bits per heavy atom. The van der Waals surface area contributed by atoms with Gasteiger partial charge in [0.05, 0.1) is 24.2 Å². The molecular formula is C13H24N4O. The number of ether oxygens (including phenoxy) is 1. The van der Waals surface area contributed by atoms with Crippen molar-refractivity contribution in [2.45, 2.75) is 0 Å². The smallest absolute Gasteiger partial charge is 0.143 e. The Labute approximate surface area is 110 Å². The fourth-order valence-electron chi connectivity index (χ4n) is 1.75. The molecule has 5 heteroatoms. The first-order valence-electron chi connectivity index (χ1n) is 6.00. The molecule has 0 aliphatic carbocycles. The van der Waals surface area contributed by atoms with Crippen molar-refractivity contribution in [3.8, 4) is 5.75 Å². The average Bonchev–Trinajstić information content (AvgIpc) is 2.35. The summed E-state index contributed by atoms with van der Waals surface area (Å²) < 4.78 is 5.27. The minimum atomic E-state index is 0.645. The predicted molar refractivity (Wildman–Crippen MR) is 78.8 cm³/mol. The summed E-state index contributed by atoms with van der Waals surface area (Å²) in [5.41, 5.74) is 8.65. The molecule has 102 valence electrons. The Morgan fingerprint density at radius 3 is 2.39 bits per heavy atom. The van der Waals surface area contributed by atoms with E-state index in [-0.39, 0.29) is 0 Å². The Morgan fingerprint density at radius 1 is 1.22 bits per heavy atom. The SMILES string of the molecule is CNc1cc(N)c(OC)cc1N(C)CCN(C)C. The van der Waals surface area contributed by atoms with Gasteiger partial charge >= 0.3 is 0 Å². The molecule has 1 aromatic rings. The molecule has 3 N–H and O–H groups in total. The van der Waals surface area contributed by atoms with E-state index in [1.165, 1.54) is 0 Å². The zero-order valence-corrected chi connectivity index (χ0v) is 11.9. The van der Waals surface area contributed by atoms with Crippen LogP contribution in [-0.2, 0) is 0 Å². The number of hydrogen-bond donors (Lipinski definition) is 2. The van der Waals surface area contributed by atoms with Gasteiger partial charge in [-0.15, -0.1) is 0 Å². The third-order valence-electron chi connectivity index (χ3n) is 2.91. The second-order valence-electron chi connectivity index (χ2n) is 4.59. The summed E-state index contributed by atoms with van der Waals surface area (Å²) in [5.74, 6) is 0.709. The van der Waals surface area contributed by atoms with Crippen molar-refractivity contribution >= 4 is 17.1 Å². The summed E-state index contributed by atoms with van der Waals surface area (Å²) in [6, 6.07) is 3.87. The van der Waals surface area contributed by atoms with Gasteiger partial charge < -0.3 is 25.6 Å². The van der Waals surface area contributed by atoms with Crippen molar-refractivity contribution < 1.29 is 4.74 Å². The summed E-state index contributed by atoms with van der Waals surface area (Å²) >= 11 is 0. The molecule has 0 aliphatic rings. The fourth-order valence-corrected chi connectivity index (χ4v) is 1.75. The third-order valence-corrected chi connectivity index (χ3v) is 2.91. The standard InChI is InChI=1S/C13H24N4O/c1-15-11-8-10(14)13(18-5)9-12(11)17(4)7-6-16(2)3/h8-9,15H,6-7,14H2,1-5H3. The first kappa shape index (κ1) is 14.4. The summed E-state index contributed by atoms with van der Waals surface area (Å²) in [4.78, 5) is 4.35. The molecular weight excluding hydrogens is 228 g/mol. The molecule has 5 nitrogen and oxygen atoms in total. The van der Waals surface area contributed by atoms with Gasteiger partial charge in [-0.2, -0.15) is 0 Å². The molecule has 0 fully saturated rings. The van der Waals surface area contributed by atoms with E-state index < -0.39 is 0 Å². The summed E-state index contributed by atoms with van der Waals surface area (Å²) in [7, 11) is 9.72. The van der Waals surface area contributed by atoms with Crippen LogP contribution in [0.15, 0.2) is 12.1 Å². The van der Waals surface area contributed by atoms with Crippen molar-refractivity contribution in [1.29, 1.82) is 0 Å². The normalized spacial score (nSPS) is 10.6. The Hall–Kier alpha value is -1.62. The molecule has 0 unspecified atom stereocenters. The van der Waals surface area contributed by atoms with Gasteiger partial charge in [0.25, 0.3) is 0 Å². The summed E-state index contributed by atoms with van der Waals surface area (Å²) in [6.07, 6.45) is 0. The minimum Gasteiger partial charge on any atom is -0.495 e. The van der Waals surface area contributed by atoms with Crippen molar-refractivity contribution in [1.82, 2.24) is 4.90 Å². The molecule has 0 saturated heterocycles. The number of nitrogens with one attached hydrogen (secondary N) is 1. The van der Waals surface area contributed by atoms with Gasteiger partial charge in [0.1, 0.15) is 5.75 Å². The van der Waals surface area contributed by atoms with E-state index in [9.17, 15) is 0 Å². The van der Waals surface area contributed by atoms with Crippen molar-refractivity contribution in [2.24, 2.45) is 0 Å². The first-order chi connectivity index (χ1) is 8.49. The maximum absolute atomic E-state index is 5.91. The van der Waals surface area contributed by atoms with E-state index in [4.69, 9.17) is 10.5 Å². The van der Waals surface area contributed by atoms with Gasteiger partial charge in [-0.25, -0.2) is 0 Å². The Balaban J connectivity index is 2.97. The van der Waals surface area contributed by atoms with Gasteiger partial charge in [-0.1, -0.05) is 0 Å². The molecule has 0 atom stereocenters. The number of nitrogens with two attached hydrogens (primary N) is 1. The van der Waals surface area contributed by atoms with Crippen molar-refractivity contribution in [3.63, 3.8) is 0 Å². The maximum Gasteiger partial charge on any atom is 0.143 e. The average molecular weight is 252 g/mol. The largest absolute Gasteiger partial charge is 0.495 e. The molecule has 0 amide bonds. The first-order valence-corrected chi connectivity index (χ1v) is 6.00. The van der Waals surface area contributed by atoms with Crippen molar-refractivity contribution in [2.75, 3.05) is 64.3 Å². The van der Waals surface area contributed by atoms with E-state index in [2.05, 4.69) is 36.3 Å². The van der Waals surface area contributed by atoms with Crippen LogP contribution in [0.25, 0.3) is 0 Å². The van der Waals surface area contributed by atoms with Crippen LogP contribution in [0.3, 0.4) is 0 Å². The number of benzene rings is 1. The lowest BCUT2D eigenvalue weighted by atomic mass is 10.2. The van der Waals surface area contributed by atoms with E-state index >= 15 is 0 Å². The molecule has 0 spiro atoms. The van der Waals surface area contributed by atoms with Crippen LogP contribution in [-0.4, -0.2) is 53.3 Å². The van der Waals surface area contributed by atoms with E-state index in [0.717, 1.165) is 24.5 Å². The van der Waals surface area contributed by atoms with Crippen LogP contribution in [0.2, 0.25) is 0 Å². The van der Waals surface area contributed by atoms with Crippen LogP contribution in [0.1, 0.15) is 0 Å². The molecule has 0 heterocycles. The van der Waals surface area contributed by atoms with E-state index in [1.807, 2.05) is 19.2 Å². The topological polar surface area (TPSA) is 53.8 Å². The van der Waals surface area contributed by atoms with Gasteiger partial charge in [0, 0.05) is 33.3 Å². The van der Waals surface area contributed by atoms with Crippen molar-refractivity contribution in [3.05, 3.63) is 12.1 Å². The van der Waals surface area contributed by atoms with Crippen LogP contribution in [0.5, 0.6) is 5.75 Å². The number of nitrogens with zero attached hydrogens (tertiary/aromatic N) is 2. The molecule has 0 aromatic heterocycles. The lowest BCUT2D eigenvalue weighted by molar-refractivity contribution is 0.413. The van der Waals surface area contributed by atoms with Gasteiger partial charge in [0.2, 0.25) is 0 Å². The molecule has 0 bridgehead atoms. The van der Waals surface area contributed by atoms with E-state index in [1.54, 1.807) is 7.11 Å². The molecule has 0 aliphatic heterocycles. The Bertz CT molecular complexity index is 393. The Kier molecular flexibility index (Phi) is 5.09. The number of methoxy groups -OCH3 is 1. The van der Waals surface area contributed by atoms with Gasteiger partial charge in [-0.05, 0) is 20.2 Å².